The van der Waals surface area contributed by atoms with Crippen molar-refractivity contribution in [3.63, 3.8) is 0 Å². The van der Waals surface area contributed by atoms with Gasteiger partial charge in [-0.05, 0) is 19.3 Å². The van der Waals surface area contributed by atoms with E-state index in [2.05, 4.69) is 36.0 Å². The average molecular weight is 256 g/mol. The lowest BCUT2D eigenvalue weighted by molar-refractivity contribution is 0.0220. The molecule has 0 aliphatic carbocycles. The second-order valence-electron chi connectivity index (χ2n) is 5.33. The van der Waals surface area contributed by atoms with Crippen molar-refractivity contribution in [2.75, 3.05) is 39.4 Å². The molecule has 3 N–H and O–H groups in total. The van der Waals surface area contributed by atoms with E-state index in [9.17, 15) is 0 Å². The van der Waals surface area contributed by atoms with Crippen molar-refractivity contribution in [1.82, 2.24) is 10.2 Å². The van der Waals surface area contributed by atoms with Gasteiger partial charge in [0, 0.05) is 25.7 Å². The van der Waals surface area contributed by atoms with Gasteiger partial charge in [0.1, 0.15) is 0 Å². The van der Waals surface area contributed by atoms with E-state index in [1.807, 2.05) is 0 Å². The third kappa shape index (κ3) is 6.21. The molecular formula is C13H28N4O. The zero-order valence-electron chi connectivity index (χ0n) is 12.0. The van der Waals surface area contributed by atoms with Crippen LogP contribution in [0.3, 0.4) is 0 Å². The Morgan fingerprint density at radius 3 is 2.61 bits per heavy atom. The van der Waals surface area contributed by atoms with Gasteiger partial charge >= 0.3 is 0 Å². The Bertz CT molecular complexity index is 249. The molecule has 0 unspecified atom stereocenters. The number of morpholine rings is 1. The maximum absolute atomic E-state index is 5.83. The van der Waals surface area contributed by atoms with Crippen LogP contribution >= 0.6 is 0 Å². The summed E-state index contributed by atoms with van der Waals surface area (Å²) in [6, 6.07) is 0.430. The van der Waals surface area contributed by atoms with Crippen LogP contribution in [0.5, 0.6) is 0 Å². The lowest BCUT2D eigenvalue weighted by Crippen LogP contribution is -2.44. The van der Waals surface area contributed by atoms with E-state index in [1.54, 1.807) is 0 Å². The Balaban J connectivity index is 2.20. The molecule has 1 saturated heterocycles. The zero-order chi connectivity index (χ0) is 13.4. The summed E-state index contributed by atoms with van der Waals surface area (Å²) >= 11 is 0. The highest BCUT2D eigenvalue weighted by Crippen LogP contribution is 2.03. The maximum atomic E-state index is 5.83. The van der Waals surface area contributed by atoms with E-state index < -0.39 is 0 Å². The summed E-state index contributed by atoms with van der Waals surface area (Å²) in [5, 5.41) is 3.16. The Morgan fingerprint density at radius 2 is 2.00 bits per heavy atom. The minimum atomic E-state index is 0.430. The Morgan fingerprint density at radius 1 is 1.33 bits per heavy atom. The molecule has 0 aromatic heterocycles. The van der Waals surface area contributed by atoms with Crippen LogP contribution in [0.15, 0.2) is 4.99 Å². The largest absolute Gasteiger partial charge is 0.379 e. The zero-order valence-corrected chi connectivity index (χ0v) is 12.0. The van der Waals surface area contributed by atoms with Crippen molar-refractivity contribution in [1.29, 1.82) is 0 Å². The highest BCUT2D eigenvalue weighted by Gasteiger charge is 2.16. The predicted molar refractivity (Wildman–Crippen MR) is 75.8 cm³/mol. The lowest BCUT2D eigenvalue weighted by Gasteiger charge is -2.31. The average Bonchev–Trinajstić information content (AvgIpc) is 2.36. The van der Waals surface area contributed by atoms with Gasteiger partial charge in [-0.3, -0.25) is 9.89 Å². The molecule has 0 radical (unpaired) electrons. The minimum Gasteiger partial charge on any atom is -0.379 e. The molecule has 0 spiro atoms. The van der Waals surface area contributed by atoms with Crippen molar-refractivity contribution in [2.24, 2.45) is 16.6 Å². The van der Waals surface area contributed by atoms with Gasteiger partial charge in [0.25, 0.3) is 0 Å². The molecule has 18 heavy (non-hydrogen) atoms. The van der Waals surface area contributed by atoms with Crippen LogP contribution in [0.4, 0.5) is 0 Å². The third-order valence-corrected chi connectivity index (χ3v) is 3.22. The molecule has 1 heterocycles. The van der Waals surface area contributed by atoms with E-state index in [0.29, 0.717) is 17.9 Å². The summed E-state index contributed by atoms with van der Waals surface area (Å²) < 4.78 is 5.34. The predicted octanol–water partition coefficient (Wildman–Crippen LogP) is 0.658. The van der Waals surface area contributed by atoms with Gasteiger partial charge in [0.05, 0.1) is 19.8 Å². The first-order valence-corrected chi connectivity index (χ1v) is 6.95. The highest BCUT2D eigenvalue weighted by atomic mass is 16.5. The van der Waals surface area contributed by atoms with Gasteiger partial charge in [0.2, 0.25) is 0 Å². The summed E-state index contributed by atoms with van der Waals surface area (Å²) in [5.41, 5.74) is 5.83. The number of hydrogen-bond donors (Lipinski definition) is 2. The summed E-state index contributed by atoms with van der Waals surface area (Å²) in [5.74, 6) is 1.26. The van der Waals surface area contributed by atoms with Gasteiger partial charge in [-0.1, -0.05) is 13.8 Å². The van der Waals surface area contributed by atoms with Gasteiger partial charge < -0.3 is 15.8 Å². The fourth-order valence-electron chi connectivity index (χ4n) is 1.91. The number of hydrogen-bond acceptors (Lipinski definition) is 3. The molecule has 1 atom stereocenters. The molecule has 0 amide bonds. The Labute approximate surface area is 111 Å². The first-order chi connectivity index (χ1) is 8.59. The van der Waals surface area contributed by atoms with Crippen LogP contribution in [-0.2, 0) is 4.74 Å². The van der Waals surface area contributed by atoms with E-state index in [1.165, 1.54) is 0 Å². The smallest absolute Gasteiger partial charge is 0.188 e. The van der Waals surface area contributed by atoms with Crippen LogP contribution in [-0.4, -0.2) is 56.3 Å². The van der Waals surface area contributed by atoms with Crippen LogP contribution < -0.4 is 11.1 Å². The second-order valence-corrected chi connectivity index (χ2v) is 5.33. The molecule has 1 aliphatic heterocycles. The van der Waals surface area contributed by atoms with Crippen LogP contribution in [0.25, 0.3) is 0 Å². The van der Waals surface area contributed by atoms with E-state index in [4.69, 9.17) is 10.5 Å². The molecule has 0 bridgehead atoms. The maximum Gasteiger partial charge on any atom is 0.188 e. The molecule has 106 valence electrons. The molecular weight excluding hydrogens is 228 g/mol. The summed E-state index contributed by atoms with van der Waals surface area (Å²) in [7, 11) is 0. The number of guanidine groups is 1. The fourth-order valence-corrected chi connectivity index (χ4v) is 1.91. The molecule has 0 aromatic carbocycles. The summed E-state index contributed by atoms with van der Waals surface area (Å²) in [4.78, 5) is 6.79. The second kappa shape index (κ2) is 8.32. The van der Waals surface area contributed by atoms with Crippen molar-refractivity contribution < 1.29 is 4.74 Å². The Hall–Kier alpha value is -0.810. The number of nitrogens with one attached hydrogen (secondary N) is 1. The number of nitrogens with two attached hydrogens (primary N) is 1. The number of rotatable bonds is 6. The first kappa shape index (κ1) is 15.2. The molecule has 1 fully saturated rings. The number of ether oxygens (including phenoxy) is 1. The van der Waals surface area contributed by atoms with Crippen LogP contribution in [0, 0.1) is 5.92 Å². The van der Waals surface area contributed by atoms with Gasteiger partial charge in [0.15, 0.2) is 5.96 Å². The Kier molecular flexibility index (Phi) is 7.05. The van der Waals surface area contributed by atoms with Crippen LogP contribution in [0.2, 0.25) is 0 Å². The van der Waals surface area contributed by atoms with Crippen molar-refractivity contribution >= 4 is 5.96 Å². The van der Waals surface area contributed by atoms with Crippen molar-refractivity contribution in [3.8, 4) is 0 Å². The standard InChI is InChI=1S/C13H28N4O/c1-11(2)4-5-15-13(14)16-10-12(3)17-6-8-18-9-7-17/h11-12H,4-10H2,1-3H3,(H3,14,15,16)/t12-/m0/s1. The summed E-state index contributed by atoms with van der Waals surface area (Å²) in [6.07, 6.45) is 1.12. The van der Waals surface area contributed by atoms with Crippen molar-refractivity contribution in [3.05, 3.63) is 0 Å². The fraction of sp³-hybridized carbons (Fsp3) is 0.923. The number of aliphatic imine (C=N–C) groups is 1. The van der Waals surface area contributed by atoms with Gasteiger partial charge in [-0.2, -0.15) is 0 Å². The minimum absolute atomic E-state index is 0.430. The number of nitrogens with zero attached hydrogens (tertiary/aromatic N) is 2. The highest BCUT2D eigenvalue weighted by molar-refractivity contribution is 5.77. The molecule has 0 aromatic rings. The molecule has 1 aliphatic rings. The molecule has 5 nitrogen and oxygen atoms in total. The van der Waals surface area contributed by atoms with Gasteiger partial charge in [-0.15, -0.1) is 0 Å². The first-order valence-electron chi connectivity index (χ1n) is 6.95. The SMILES string of the molecule is CC(C)CCNC(N)=NC[C@H](C)N1CCOCC1. The summed E-state index contributed by atoms with van der Waals surface area (Å²) in [6.45, 7) is 11.9. The quantitative estimate of drug-likeness (QED) is 0.541. The van der Waals surface area contributed by atoms with Crippen LogP contribution in [0.1, 0.15) is 27.2 Å². The molecule has 1 rings (SSSR count). The van der Waals surface area contributed by atoms with Gasteiger partial charge in [-0.25, -0.2) is 0 Å². The third-order valence-electron chi connectivity index (χ3n) is 3.22. The molecule has 0 saturated carbocycles. The lowest BCUT2D eigenvalue weighted by atomic mass is 10.1. The normalized spacial score (nSPS) is 20.1. The molecule has 5 heteroatoms. The van der Waals surface area contributed by atoms with Crippen molar-refractivity contribution in [2.45, 2.75) is 33.2 Å². The van der Waals surface area contributed by atoms with E-state index in [-0.39, 0.29) is 0 Å². The van der Waals surface area contributed by atoms with E-state index >= 15 is 0 Å². The monoisotopic (exact) mass is 256 g/mol. The topological polar surface area (TPSA) is 62.9 Å². The van der Waals surface area contributed by atoms with E-state index in [0.717, 1.165) is 45.8 Å².